The van der Waals surface area contributed by atoms with E-state index in [4.69, 9.17) is 22.1 Å². The third-order valence-corrected chi connectivity index (χ3v) is 3.06. The summed E-state index contributed by atoms with van der Waals surface area (Å²) in [6, 6.07) is 3.50. The second-order valence-corrected chi connectivity index (χ2v) is 4.54. The Kier molecular flexibility index (Phi) is 3.77. The Labute approximate surface area is 111 Å². The molecule has 1 aromatic heterocycles. The van der Waals surface area contributed by atoms with Crippen molar-refractivity contribution in [2.75, 3.05) is 5.73 Å². The van der Waals surface area contributed by atoms with Gasteiger partial charge in [0.1, 0.15) is 0 Å². The molecule has 0 radical (unpaired) electrons. The predicted molar refractivity (Wildman–Crippen MR) is 73.2 cm³/mol. The summed E-state index contributed by atoms with van der Waals surface area (Å²) < 4.78 is 7.59. The number of nitrogens with zero attached hydrogens (tertiary/aromatic N) is 2. The summed E-state index contributed by atoms with van der Waals surface area (Å²) in [6.45, 7) is 4.85. The van der Waals surface area contributed by atoms with E-state index >= 15 is 0 Å². The first-order valence-corrected chi connectivity index (χ1v) is 6.24. The van der Waals surface area contributed by atoms with Gasteiger partial charge in [0, 0.05) is 17.1 Å². The van der Waals surface area contributed by atoms with Crippen LogP contribution in [0.4, 0.5) is 5.69 Å². The number of aryl methyl sites for hydroxylation is 1. The van der Waals surface area contributed by atoms with Gasteiger partial charge in [-0.3, -0.25) is 4.68 Å². The van der Waals surface area contributed by atoms with Gasteiger partial charge in [0.15, 0.2) is 11.5 Å². The van der Waals surface area contributed by atoms with Gasteiger partial charge in [-0.2, -0.15) is 5.10 Å². The van der Waals surface area contributed by atoms with Crippen molar-refractivity contribution >= 4 is 17.3 Å². The number of nitrogen functional groups attached to an aromatic ring is 1. The number of anilines is 1. The normalized spacial score (nSPS) is 10.6. The molecule has 96 valence electrons. The summed E-state index contributed by atoms with van der Waals surface area (Å²) in [5, 5.41) is 4.84. The quantitative estimate of drug-likeness (QED) is 0.859. The lowest BCUT2D eigenvalue weighted by Gasteiger charge is -2.10. The van der Waals surface area contributed by atoms with Crippen molar-refractivity contribution in [3.8, 4) is 11.5 Å². The second-order valence-electron chi connectivity index (χ2n) is 4.13. The summed E-state index contributed by atoms with van der Waals surface area (Å²) in [7, 11) is 0. The monoisotopic (exact) mass is 265 g/mol. The standard InChI is InChI=1S/C13H16ClN3O/c1-3-6-17-8-10(7-16-17)18-13-9(2)11(14)4-5-12(13)15/h4-5,7-8H,3,6,15H2,1-2H3. The Hall–Kier alpha value is -1.68. The molecular weight excluding hydrogens is 250 g/mol. The minimum absolute atomic E-state index is 0.570. The third-order valence-electron chi connectivity index (χ3n) is 2.65. The average molecular weight is 266 g/mol. The van der Waals surface area contributed by atoms with Crippen LogP contribution in [0.25, 0.3) is 0 Å². The van der Waals surface area contributed by atoms with Crippen LogP contribution in [-0.4, -0.2) is 9.78 Å². The number of aromatic nitrogens is 2. The van der Waals surface area contributed by atoms with Crippen molar-refractivity contribution in [3.63, 3.8) is 0 Å². The smallest absolute Gasteiger partial charge is 0.165 e. The van der Waals surface area contributed by atoms with Gasteiger partial charge in [0.2, 0.25) is 0 Å². The molecule has 0 atom stereocenters. The molecule has 0 unspecified atom stereocenters. The maximum Gasteiger partial charge on any atom is 0.165 e. The summed E-state index contributed by atoms with van der Waals surface area (Å²) in [5.74, 6) is 1.26. The zero-order chi connectivity index (χ0) is 13.1. The molecule has 0 aliphatic rings. The molecule has 18 heavy (non-hydrogen) atoms. The van der Waals surface area contributed by atoms with E-state index in [0.29, 0.717) is 22.2 Å². The lowest BCUT2D eigenvalue weighted by atomic mass is 10.2. The summed E-state index contributed by atoms with van der Waals surface area (Å²) in [5.41, 5.74) is 7.30. The highest BCUT2D eigenvalue weighted by Gasteiger charge is 2.10. The maximum absolute atomic E-state index is 6.05. The molecule has 0 bridgehead atoms. The second kappa shape index (κ2) is 5.31. The number of rotatable bonds is 4. The van der Waals surface area contributed by atoms with E-state index in [1.165, 1.54) is 0 Å². The predicted octanol–water partition coefficient (Wildman–Crippen LogP) is 3.63. The lowest BCUT2D eigenvalue weighted by Crippen LogP contribution is -1.96. The molecule has 1 aromatic carbocycles. The molecule has 0 amide bonds. The summed E-state index contributed by atoms with van der Waals surface area (Å²) in [6.07, 6.45) is 4.55. The molecule has 0 saturated heterocycles. The molecule has 0 fully saturated rings. The molecule has 4 nitrogen and oxygen atoms in total. The van der Waals surface area contributed by atoms with Gasteiger partial charge in [0.25, 0.3) is 0 Å². The van der Waals surface area contributed by atoms with E-state index in [0.717, 1.165) is 18.5 Å². The number of benzene rings is 1. The fourth-order valence-electron chi connectivity index (χ4n) is 1.69. The molecule has 2 aromatic rings. The van der Waals surface area contributed by atoms with Gasteiger partial charge in [-0.25, -0.2) is 0 Å². The lowest BCUT2D eigenvalue weighted by molar-refractivity contribution is 0.479. The van der Waals surface area contributed by atoms with E-state index in [-0.39, 0.29) is 0 Å². The zero-order valence-electron chi connectivity index (χ0n) is 10.5. The van der Waals surface area contributed by atoms with E-state index in [1.807, 2.05) is 17.8 Å². The SMILES string of the molecule is CCCn1cc(Oc2c(N)ccc(Cl)c2C)cn1. The Morgan fingerprint density at radius 1 is 1.44 bits per heavy atom. The summed E-state index contributed by atoms with van der Waals surface area (Å²) >= 11 is 6.05. The van der Waals surface area contributed by atoms with E-state index in [1.54, 1.807) is 18.3 Å². The van der Waals surface area contributed by atoms with Crippen LogP contribution in [-0.2, 0) is 6.54 Å². The summed E-state index contributed by atoms with van der Waals surface area (Å²) in [4.78, 5) is 0. The molecular formula is C13H16ClN3O. The van der Waals surface area contributed by atoms with Crippen LogP contribution in [0.15, 0.2) is 24.5 Å². The van der Waals surface area contributed by atoms with Crippen molar-refractivity contribution in [1.82, 2.24) is 9.78 Å². The highest BCUT2D eigenvalue weighted by molar-refractivity contribution is 6.31. The van der Waals surface area contributed by atoms with Crippen molar-refractivity contribution in [1.29, 1.82) is 0 Å². The van der Waals surface area contributed by atoms with Crippen molar-refractivity contribution in [2.24, 2.45) is 0 Å². The molecule has 0 saturated carbocycles. The Morgan fingerprint density at radius 2 is 2.22 bits per heavy atom. The zero-order valence-corrected chi connectivity index (χ0v) is 11.2. The number of ether oxygens (including phenoxy) is 1. The highest BCUT2D eigenvalue weighted by Crippen LogP contribution is 2.34. The number of hydrogen-bond donors (Lipinski definition) is 1. The van der Waals surface area contributed by atoms with Crippen LogP contribution in [0.5, 0.6) is 11.5 Å². The Bertz CT molecular complexity index is 551. The molecule has 5 heteroatoms. The highest BCUT2D eigenvalue weighted by atomic mass is 35.5. The van der Waals surface area contributed by atoms with Gasteiger partial charge in [-0.15, -0.1) is 0 Å². The van der Waals surface area contributed by atoms with Crippen LogP contribution in [0, 0.1) is 6.92 Å². The fraction of sp³-hybridized carbons (Fsp3) is 0.308. The molecule has 1 heterocycles. The molecule has 0 spiro atoms. The van der Waals surface area contributed by atoms with Crippen LogP contribution in [0.3, 0.4) is 0 Å². The van der Waals surface area contributed by atoms with Gasteiger partial charge >= 0.3 is 0 Å². The van der Waals surface area contributed by atoms with Crippen LogP contribution in [0.1, 0.15) is 18.9 Å². The minimum Gasteiger partial charge on any atom is -0.452 e. The Morgan fingerprint density at radius 3 is 2.94 bits per heavy atom. The largest absolute Gasteiger partial charge is 0.452 e. The first-order chi connectivity index (χ1) is 8.61. The van der Waals surface area contributed by atoms with Gasteiger partial charge < -0.3 is 10.5 Å². The van der Waals surface area contributed by atoms with Crippen molar-refractivity contribution < 1.29 is 4.74 Å². The van der Waals surface area contributed by atoms with Gasteiger partial charge in [-0.05, 0) is 25.5 Å². The topological polar surface area (TPSA) is 53.1 Å². The number of hydrogen-bond acceptors (Lipinski definition) is 3. The molecule has 0 aliphatic carbocycles. The van der Waals surface area contributed by atoms with Crippen LogP contribution >= 0.6 is 11.6 Å². The Balaban J connectivity index is 2.25. The average Bonchev–Trinajstić information content (AvgIpc) is 2.78. The number of halogens is 1. The van der Waals surface area contributed by atoms with Crippen LogP contribution < -0.4 is 10.5 Å². The number of nitrogens with two attached hydrogens (primary N) is 1. The van der Waals surface area contributed by atoms with Crippen molar-refractivity contribution in [3.05, 3.63) is 35.1 Å². The van der Waals surface area contributed by atoms with Crippen LogP contribution in [0.2, 0.25) is 5.02 Å². The molecule has 2 rings (SSSR count). The first-order valence-electron chi connectivity index (χ1n) is 5.86. The van der Waals surface area contributed by atoms with Crippen molar-refractivity contribution in [2.45, 2.75) is 26.8 Å². The first kappa shape index (κ1) is 12.8. The third kappa shape index (κ3) is 2.59. The molecule has 2 N–H and O–H groups in total. The van der Waals surface area contributed by atoms with E-state index in [9.17, 15) is 0 Å². The maximum atomic E-state index is 6.05. The van der Waals surface area contributed by atoms with E-state index in [2.05, 4.69) is 12.0 Å². The minimum atomic E-state index is 0.570. The molecule has 0 aliphatic heterocycles. The van der Waals surface area contributed by atoms with Gasteiger partial charge in [-0.1, -0.05) is 18.5 Å². The van der Waals surface area contributed by atoms with E-state index < -0.39 is 0 Å². The fourth-order valence-corrected chi connectivity index (χ4v) is 1.84. The van der Waals surface area contributed by atoms with Gasteiger partial charge in [0.05, 0.1) is 18.1 Å².